The molecule has 3 aromatic heterocycles. The highest BCUT2D eigenvalue weighted by atomic mass is 15.0. The quantitative estimate of drug-likeness (QED) is 0.210. The van der Waals surface area contributed by atoms with Crippen LogP contribution >= 0.6 is 0 Å². The van der Waals surface area contributed by atoms with Crippen LogP contribution in [0.15, 0.2) is 164 Å². The zero-order valence-electron chi connectivity index (χ0n) is 23.9. The normalized spacial score (nSPS) is 11.6. The van der Waals surface area contributed by atoms with Crippen molar-refractivity contribution >= 4 is 43.7 Å². The minimum Gasteiger partial charge on any atom is -0.308 e. The van der Waals surface area contributed by atoms with Gasteiger partial charge in [0.25, 0.3) is 0 Å². The predicted octanol–water partition coefficient (Wildman–Crippen LogP) is 10.6. The van der Waals surface area contributed by atoms with E-state index in [1.165, 1.54) is 38.5 Å². The van der Waals surface area contributed by atoms with Crippen molar-refractivity contribution in [1.82, 2.24) is 14.1 Å². The van der Waals surface area contributed by atoms with E-state index in [4.69, 9.17) is 4.98 Å². The second kappa shape index (κ2) is 9.82. The minimum absolute atomic E-state index is 1.01. The highest BCUT2D eigenvalue weighted by molar-refractivity contribution is 6.24. The van der Waals surface area contributed by atoms with Crippen LogP contribution in [-0.4, -0.2) is 14.1 Å². The molecule has 0 unspecified atom stereocenters. The van der Waals surface area contributed by atoms with E-state index in [0.29, 0.717) is 0 Å². The number of pyridine rings is 1. The second-order valence-electron chi connectivity index (χ2n) is 11.3. The molecule has 0 spiro atoms. The van der Waals surface area contributed by atoms with Crippen molar-refractivity contribution in [2.75, 3.05) is 0 Å². The number of fused-ring (bicyclic) bond motifs is 7. The van der Waals surface area contributed by atoms with Crippen molar-refractivity contribution in [3.63, 3.8) is 0 Å². The molecule has 0 aliphatic heterocycles. The first kappa shape index (κ1) is 24.6. The molecule has 9 aromatic rings. The molecule has 3 nitrogen and oxygen atoms in total. The Balaban J connectivity index is 1.46. The monoisotopic (exact) mass is 561 g/mol. The smallest absolute Gasteiger partial charge is 0.0971 e. The van der Waals surface area contributed by atoms with Crippen LogP contribution in [0.25, 0.3) is 77.4 Å². The first-order valence-electron chi connectivity index (χ1n) is 15.0. The minimum atomic E-state index is 1.01. The molecule has 206 valence electrons. The number of benzene rings is 6. The third-order valence-corrected chi connectivity index (χ3v) is 8.72. The number of rotatable bonds is 4. The molecule has 0 N–H and O–H groups in total. The van der Waals surface area contributed by atoms with Gasteiger partial charge in [0.05, 0.1) is 33.8 Å². The van der Waals surface area contributed by atoms with Crippen LogP contribution in [0.1, 0.15) is 0 Å². The fourth-order valence-electron chi connectivity index (χ4n) is 6.80. The summed E-state index contributed by atoms with van der Waals surface area (Å²) in [7, 11) is 0. The molecule has 44 heavy (non-hydrogen) atoms. The fraction of sp³-hybridized carbons (Fsp3) is 0. The lowest BCUT2D eigenvalue weighted by Crippen LogP contribution is -1.97. The summed E-state index contributed by atoms with van der Waals surface area (Å²) in [5, 5.41) is 3.56. The van der Waals surface area contributed by atoms with Gasteiger partial charge in [-0.05, 0) is 64.7 Å². The van der Waals surface area contributed by atoms with Crippen molar-refractivity contribution in [3.8, 4) is 33.6 Å². The Bertz CT molecular complexity index is 2410. The molecule has 0 aliphatic rings. The highest BCUT2D eigenvalue weighted by Gasteiger charge is 2.22. The van der Waals surface area contributed by atoms with Gasteiger partial charge in [0.2, 0.25) is 0 Å². The van der Waals surface area contributed by atoms with Gasteiger partial charge in [-0.2, -0.15) is 0 Å². The van der Waals surface area contributed by atoms with Gasteiger partial charge in [-0.15, -0.1) is 0 Å². The van der Waals surface area contributed by atoms with Crippen LogP contribution in [0.2, 0.25) is 0 Å². The van der Waals surface area contributed by atoms with Gasteiger partial charge in [-0.25, -0.2) is 0 Å². The first-order valence-corrected chi connectivity index (χ1v) is 15.0. The van der Waals surface area contributed by atoms with Crippen LogP contribution in [-0.2, 0) is 0 Å². The lowest BCUT2D eigenvalue weighted by atomic mass is 9.98. The zero-order valence-corrected chi connectivity index (χ0v) is 23.9. The van der Waals surface area contributed by atoms with E-state index in [0.717, 1.165) is 38.8 Å². The molecule has 0 saturated heterocycles. The average Bonchev–Trinajstić information content (AvgIpc) is 3.62. The molecule has 0 atom stereocenters. The number of aromatic nitrogens is 3. The van der Waals surface area contributed by atoms with E-state index in [9.17, 15) is 0 Å². The number of hydrogen-bond donors (Lipinski definition) is 0. The molecule has 0 bridgehead atoms. The lowest BCUT2D eigenvalue weighted by molar-refractivity contribution is 1.16. The summed E-state index contributed by atoms with van der Waals surface area (Å²) < 4.78 is 4.77. The van der Waals surface area contributed by atoms with E-state index < -0.39 is 0 Å². The molecule has 0 fully saturated rings. The number of para-hydroxylation sites is 3. The van der Waals surface area contributed by atoms with Crippen LogP contribution in [0.3, 0.4) is 0 Å². The van der Waals surface area contributed by atoms with Crippen molar-refractivity contribution in [1.29, 1.82) is 0 Å². The summed E-state index contributed by atoms with van der Waals surface area (Å²) in [5.41, 5.74) is 12.5. The van der Waals surface area contributed by atoms with Gasteiger partial charge < -0.3 is 9.13 Å². The van der Waals surface area contributed by atoms with Gasteiger partial charge in [0.1, 0.15) is 0 Å². The third-order valence-electron chi connectivity index (χ3n) is 8.72. The lowest BCUT2D eigenvalue weighted by Gasteiger charge is -2.14. The largest absolute Gasteiger partial charge is 0.308 e. The van der Waals surface area contributed by atoms with Gasteiger partial charge in [-0.1, -0.05) is 115 Å². The zero-order chi connectivity index (χ0) is 29.0. The predicted molar refractivity (Wildman–Crippen MR) is 184 cm³/mol. The maximum atomic E-state index is 5.18. The Labute approximate surface area is 254 Å². The molecule has 3 heterocycles. The van der Waals surface area contributed by atoms with Crippen molar-refractivity contribution in [3.05, 3.63) is 164 Å². The summed E-state index contributed by atoms with van der Waals surface area (Å²) in [4.78, 5) is 5.18. The molecule has 0 amide bonds. The summed E-state index contributed by atoms with van der Waals surface area (Å²) in [6.45, 7) is 0. The van der Waals surface area contributed by atoms with E-state index >= 15 is 0 Å². The second-order valence-corrected chi connectivity index (χ2v) is 11.3. The van der Waals surface area contributed by atoms with Gasteiger partial charge in [0, 0.05) is 27.5 Å². The molecular weight excluding hydrogens is 534 g/mol. The molecule has 3 heteroatoms. The average molecular weight is 562 g/mol. The summed E-state index contributed by atoms with van der Waals surface area (Å²) in [5.74, 6) is 0. The summed E-state index contributed by atoms with van der Waals surface area (Å²) in [6, 6.07) is 56.2. The summed E-state index contributed by atoms with van der Waals surface area (Å²) >= 11 is 0. The van der Waals surface area contributed by atoms with E-state index in [-0.39, 0.29) is 0 Å². The third kappa shape index (κ3) is 3.73. The molecule has 0 radical (unpaired) electrons. The SMILES string of the molecule is c1ccc(-c2cc(-c3ccccc3)cc(-n3c4ccccc4c4ncc5c(c6ccccc6n5-c5ccccc5)c43)c2)cc1. The highest BCUT2D eigenvalue weighted by Crippen LogP contribution is 2.42. The Morgan fingerprint density at radius 1 is 0.386 bits per heavy atom. The topological polar surface area (TPSA) is 22.8 Å². The van der Waals surface area contributed by atoms with E-state index in [2.05, 4.69) is 173 Å². The maximum absolute atomic E-state index is 5.18. The Hall–Kier alpha value is -5.93. The molecule has 6 aromatic carbocycles. The molecule has 0 saturated carbocycles. The molecule has 9 rings (SSSR count). The summed E-state index contributed by atoms with van der Waals surface area (Å²) in [6.07, 6.45) is 2.05. The van der Waals surface area contributed by atoms with Gasteiger partial charge >= 0.3 is 0 Å². The molecule has 0 aliphatic carbocycles. The first-order chi connectivity index (χ1) is 21.8. The number of nitrogens with zero attached hydrogens (tertiary/aromatic N) is 3. The maximum Gasteiger partial charge on any atom is 0.0971 e. The Morgan fingerprint density at radius 2 is 0.909 bits per heavy atom. The Kier molecular flexibility index (Phi) is 5.50. The van der Waals surface area contributed by atoms with Crippen LogP contribution < -0.4 is 0 Å². The van der Waals surface area contributed by atoms with E-state index in [1.807, 2.05) is 0 Å². The van der Waals surface area contributed by atoms with Crippen molar-refractivity contribution in [2.24, 2.45) is 0 Å². The van der Waals surface area contributed by atoms with Gasteiger partial charge in [-0.3, -0.25) is 4.98 Å². The number of hydrogen-bond acceptors (Lipinski definition) is 1. The van der Waals surface area contributed by atoms with Crippen molar-refractivity contribution < 1.29 is 0 Å². The van der Waals surface area contributed by atoms with Gasteiger partial charge in [0.15, 0.2) is 0 Å². The van der Waals surface area contributed by atoms with Crippen molar-refractivity contribution in [2.45, 2.75) is 0 Å². The van der Waals surface area contributed by atoms with Crippen LogP contribution in [0.4, 0.5) is 0 Å². The standard InChI is InChI=1S/C41H27N3/c1-4-14-28(15-5-1)30-24-31(29-16-6-2-7-17-29)26-33(25-30)44-37-23-13-11-21-35(37)40-41(44)39-34-20-10-12-22-36(34)43(38(39)27-42-40)32-18-8-3-9-19-32/h1-27H. The Morgan fingerprint density at radius 3 is 1.55 bits per heavy atom. The van der Waals surface area contributed by atoms with Crippen LogP contribution in [0.5, 0.6) is 0 Å². The fourth-order valence-corrected chi connectivity index (χ4v) is 6.80. The molecular formula is C41H27N3. The van der Waals surface area contributed by atoms with E-state index in [1.54, 1.807) is 0 Å². The van der Waals surface area contributed by atoms with Crippen LogP contribution in [0, 0.1) is 0 Å².